The van der Waals surface area contributed by atoms with Crippen molar-refractivity contribution >= 4 is 51.8 Å². The Hall–Kier alpha value is -5.02. The first-order valence-electron chi connectivity index (χ1n) is 14.3. The summed E-state index contributed by atoms with van der Waals surface area (Å²) in [5.74, 6) is -4.12. The molecule has 0 bridgehead atoms. The number of fused-ring (bicyclic) bond motifs is 1. The fraction of sp³-hybridized carbons (Fsp3) is 0.281. The van der Waals surface area contributed by atoms with Crippen molar-refractivity contribution in [2.75, 3.05) is 16.4 Å². The maximum absolute atomic E-state index is 14.8. The van der Waals surface area contributed by atoms with Crippen LogP contribution < -0.4 is 15.1 Å². The minimum Gasteiger partial charge on any atom is -0.446 e. The predicted molar refractivity (Wildman–Crippen MR) is 162 cm³/mol. The quantitative estimate of drug-likeness (QED) is 0.262. The molecule has 1 saturated heterocycles. The van der Waals surface area contributed by atoms with E-state index in [0.29, 0.717) is 10.9 Å². The average Bonchev–Trinajstić information content (AvgIpc) is 3.68. The molecule has 1 saturated carbocycles. The highest BCUT2D eigenvalue weighted by atomic mass is 35.5. The number of aromatic nitrogens is 2. The SMILES string of the molecule is N#Cc1cccc(N2C(=O)OCC2C(=O)N(c2cccc3cn[nH]c23)[C@H](C(=O)NC2CCC(F)(F)CC2)c2ccccc2Cl)c1. The van der Waals surface area contributed by atoms with Crippen LogP contribution in [0, 0.1) is 11.3 Å². The molecule has 0 spiro atoms. The summed E-state index contributed by atoms with van der Waals surface area (Å²) < 4.78 is 33.2. The van der Waals surface area contributed by atoms with Gasteiger partial charge in [0.2, 0.25) is 11.8 Å². The zero-order valence-corrected chi connectivity index (χ0v) is 24.5. The van der Waals surface area contributed by atoms with Crippen molar-refractivity contribution in [2.24, 2.45) is 0 Å². The number of rotatable bonds is 7. The van der Waals surface area contributed by atoms with Crippen LogP contribution in [0.3, 0.4) is 0 Å². The number of hydrogen-bond donors (Lipinski definition) is 2. The van der Waals surface area contributed by atoms with Gasteiger partial charge in [-0.25, -0.2) is 13.6 Å². The average molecular weight is 633 g/mol. The number of hydrogen-bond acceptors (Lipinski definition) is 6. The second-order valence-corrected chi connectivity index (χ2v) is 11.4. The van der Waals surface area contributed by atoms with Gasteiger partial charge in [-0.2, -0.15) is 10.4 Å². The lowest BCUT2D eigenvalue weighted by Crippen LogP contribution is -2.54. The number of amides is 3. The number of anilines is 2. The maximum atomic E-state index is 14.8. The Morgan fingerprint density at radius 1 is 1.13 bits per heavy atom. The Balaban J connectivity index is 1.48. The van der Waals surface area contributed by atoms with E-state index in [-0.39, 0.29) is 59.8 Å². The summed E-state index contributed by atoms with van der Waals surface area (Å²) in [7, 11) is 0. The zero-order chi connectivity index (χ0) is 31.7. The monoisotopic (exact) mass is 632 g/mol. The Morgan fingerprint density at radius 3 is 2.64 bits per heavy atom. The third-order valence-corrected chi connectivity index (χ3v) is 8.48. The van der Waals surface area contributed by atoms with E-state index in [0.717, 1.165) is 4.90 Å². The number of aromatic amines is 1. The minimum absolute atomic E-state index is 0.0615. The van der Waals surface area contributed by atoms with Crippen LogP contribution in [0.15, 0.2) is 72.9 Å². The number of halogens is 3. The number of alkyl halides is 2. The number of H-pyrrole nitrogens is 1. The van der Waals surface area contributed by atoms with Crippen molar-refractivity contribution in [3.05, 3.63) is 89.1 Å². The number of nitrogens with zero attached hydrogens (tertiary/aromatic N) is 4. The summed E-state index contributed by atoms with van der Waals surface area (Å²) in [6.45, 7) is -0.335. The number of carbonyl (C=O) groups is 3. The second-order valence-electron chi connectivity index (χ2n) is 11.0. The minimum atomic E-state index is -2.80. The number of ether oxygens (including phenoxy) is 1. The van der Waals surface area contributed by atoms with Gasteiger partial charge in [-0.1, -0.05) is 48.0 Å². The highest BCUT2D eigenvalue weighted by Gasteiger charge is 2.46. The Morgan fingerprint density at radius 2 is 1.89 bits per heavy atom. The van der Waals surface area contributed by atoms with E-state index in [4.69, 9.17) is 16.3 Å². The van der Waals surface area contributed by atoms with Crippen LogP contribution in [-0.2, 0) is 14.3 Å². The molecule has 45 heavy (non-hydrogen) atoms. The van der Waals surface area contributed by atoms with Gasteiger partial charge in [0.15, 0.2) is 6.04 Å². The standard InChI is InChI=1S/C32H27ClF2N6O4/c33-24-9-2-1-8-23(24)28(29(42)38-21-11-13-32(34,35)14-12-21)41(25-10-4-6-20-17-37-39-27(20)25)30(43)26-18-45-31(44)40(26)22-7-3-5-19(15-22)16-36/h1-10,15,17,21,26,28H,11-14,18H2,(H,37,39)(H,38,42)/t26?,28-/m0/s1. The third-order valence-electron chi connectivity index (χ3n) is 8.13. The lowest BCUT2D eigenvalue weighted by Gasteiger charge is -2.36. The molecular formula is C32H27ClF2N6O4. The molecule has 1 aliphatic heterocycles. The molecule has 230 valence electrons. The van der Waals surface area contributed by atoms with E-state index in [9.17, 15) is 28.4 Å². The maximum Gasteiger partial charge on any atom is 0.415 e. The molecule has 4 aromatic rings. The van der Waals surface area contributed by atoms with E-state index in [1.165, 1.54) is 11.0 Å². The van der Waals surface area contributed by atoms with Gasteiger partial charge < -0.3 is 10.1 Å². The molecule has 3 amide bonds. The van der Waals surface area contributed by atoms with E-state index < -0.39 is 42.0 Å². The molecule has 3 aromatic carbocycles. The molecule has 1 aliphatic carbocycles. The zero-order valence-electron chi connectivity index (χ0n) is 23.8. The van der Waals surface area contributed by atoms with Gasteiger partial charge >= 0.3 is 6.09 Å². The summed E-state index contributed by atoms with van der Waals surface area (Å²) in [5.41, 5.74) is 1.53. The molecule has 2 aliphatic rings. The molecule has 1 unspecified atom stereocenters. The van der Waals surface area contributed by atoms with Crippen LogP contribution in [0.1, 0.15) is 42.9 Å². The Bertz CT molecular complexity index is 1810. The molecule has 2 heterocycles. The number of nitrogens with one attached hydrogen (secondary N) is 2. The van der Waals surface area contributed by atoms with Gasteiger partial charge in [-0.3, -0.25) is 24.5 Å². The Kier molecular flexibility index (Phi) is 8.12. The summed E-state index contributed by atoms with van der Waals surface area (Å²) in [6.07, 6.45) is 0.144. The molecule has 2 atom stereocenters. The first-order chi connectivity index (χ1) is 21.7. The molecular weight excluding hydrogens is 606 g/mol. The third kappa shape index (κ3) is 5.91. The number of cyclic esters (lactones) is 1. The van der Waals surface area contributed by atoms with E-state index in [1.807, 2.05) is 6.07 Å². The van der Waals surface area contributed by atoms with Gasteiger partial charge in [0.1, 0.15) is 12.6 Å². The van der Waals surface area contributed by atoms with Crippen LogP contribution in [0.25, 0.3) is 10.9 Å². The van der Waals surface area contributed by atoms with E-state index in [2.05, 4.69) is 15.5 Å². The normalized spacial score (nSPS) is 18.7. The van der Waals surface area contributed by atoms with Gasteiger partial charge in [-0.05, 0) is 43.2 Å². The van der Waals surface area contributed by atoms with Gasteiger partial charge in [-0.15, -0.1) is 0 Å². The number of para-hydroxylation sites is 1. The lowest BCUT2D eigenvalue weighted by molar-refractivity contribution is -0.128. The molecule has 13 heteroatoms. The molecule has 10 nitrogen and oxygen atoms in total. The highest BCUT2D eigenvalue weighted by Crippen LogP contribution is 2.39. The Labute approximate surface area is 261 Å². The van der Waals surface area contributed by atoms with Crippen molar-refractivity contribution in [3.8, 4) is 6.07 Å². The van der Waals surface area contributed by atoms with Crippen LogP contribution in [0.5, 0.6) is 0 Å². The molecule has 6 rings (SSSR count). The number of benzene rings is 3. The molecule has 2 N–H and O–H groups in total. The summed E-state index contributed by atoms with van der Waals surface area (Å²) in [5, 5.41) is 20.2. The van der Waals surface area contributed by atoms with Crippen molar-refractivity contribution in [1.82, 2.24) is 15.5 Å². The first kappa shape index (κ1) is 30.0. The first-order valence-corrected chi connectivity index (χ1v) is 14.7. The second kappa shape index (κ2) is 12.2. The highest BCUT2D eigenvalue weighted by molar-refractivity contribution is 6.32. The largest absolute Gasteiger partial charge is 0.446 e. The smallest absolute Gasteiger partial charge is 0.415 e. The summed E-state index contributed by atoms with van der Waals surface area (Å²) in [6, 6.07) is 16.7. The molecule has 0 radical (unpaired) electrons. The predicted octanol–water partition coefficient (Wildman–Crippen LogP) is 5.88. The van der Waals surface area contributed by atoms with Crippen LogP contribution in [0.2, 0.25) is 5.02 Å². The van der Waals surface area contributed by atoms with Crippen LogP contribution in [0.4, 0.5) is 25.0 Å². The van der Waals surface area contributed by atoms with Gasteiger partial charge in [0, 0.05) is 40.5 Å². The van der Waals surface area contributed by atoms with Crippen LogP contribution >= 0.6 is 11.6 Å². The fourth-order valence-electron chi connectivity index (χ4n) is 5.87. The van der Waals surface area contributed by atoms with E-state index >= 15 is 0 Å². The topological polar surface area (TPSA) is 131 Å². The number of nitriles is 1. The van der Waals surface area contributed by atoms with Crippen molar-refractivity contribution in [2.45, 2.75) is 49.7 Å². The van der Waals surface area contributed by atoms with Crippen LogP contribution in [-0.4, -0.2) is 52.7 Å². The van der Waals surface area contributed by atoms with Gasteiger partial charge in [0.25, 0.3) is 5.91 Å². The fourth-order valence-corrected chi connectivity index (χ4v) is 6.11. The molecule has 2 fully saturated rings. The number of carbonyl (C=O) groups excluding carboxylic acids is 3. The summed E-state index contributed by atoms with van der Waals surface area (Å²) >= 11 is 6.66. The van der Waals surface area contributed by atoms with E-state index in [1.54, 1.807) is 66.9 Å². The lowest BCUT2D eigenvalue weighted by atomic mass is 9.91. The van der Waals surface area contributed by atoms with Gasteiger partial charge in [0.05, 0.1) is 29.0 Å². The summed E-state index contributed by atoms with van der Waals surface area (Å²) in [4.78, 5) is 44.6. The van der Waals surface area contributed by atoms with Crippen molar-refractivity contribution < 1.29 is 27.9 Å². The van der Waals surface area contributed by atoms with Crippen molar-refractivity contribution in [1.29, 1.82) is 5.26 Å². The molecule has 1 aromatic heterocycles. The van der Waals surface area contributed by atoms with Crippen molar-refractivity contribution in [3.63, 3.8) is 0 Å².